The molecule has 0 unspecified atom stereocenters. The first-order valence-corrected chi connectivity index (χ1v) is 52.9. The van der Waals surface area contributed by atoms with Crippen LogP contribution in [0.15, 0.2) is 522 Å². The number of benzene rings is 26. The number of rotatable bonds is 10. The lowest BCUT2D eigenvalue weighted by Crippen LogP contribution is -2.09. The SMILES string of the molecule is c1ccc(-c2cc3c4c(cccc4c2)-c2cc4ccccc4cc2C3)cc1.c1ccc(N(c2ccc(-c3ccc4c5c(cccc35)-c3cc5ccccc5cc3N4)cc2)c2ccc3sc4ccccc4c3c2)cc1.c1ccc(N(c2ccccc2)c2ccc(-c3ccc4cc5c(cc4c3)-c3cccc4cccc(c34)C5)cc2)cc1.c1ccc2cc3c(cc2c1)Cc1cccc2c(-c4ccc5c(c4)sc4ccccc45)ccc-3c12. The van der Waals surface area contributed by atoms with E-state index in [-0.39, 0.29) is 0 Å². The lowest BCUT2D eigenvalue weighted by Gasteiger charge is -2.26. The molecule has 0 bridgehead atoms. The van der Waals surface area contributed by atoms with Crippen molar-refractivity contribution in [3.8, 4) is 89.0 Å². The molecule has 0 saturated carbocycles. The molecule has 0 amide bonds. The Morgan fingerprint density at radius 1 is 0.149 bits per heavy atom. The number of anilines is 8. The van der Waals surface area contributed by atoms with Crippen molar-refractivity contribution in [2.24, 2.45) is 0 Å². The van der Waals surface area contributed by atoms with Crippen molar-refractivity contribution >= 4 is 195 Å². The molecule has 0 saturated heterocycles. The van der Waals surface area contributed by atoms with Gasteiger partial charge in [0.25, 0.3) is 0 Å². The highest BCUT2D eigenvalue weighted by Gasteiger charge is 2.28. The van der Waals surface area contributed by atoms with E-state index in [0.717, 1.165) is 64.8 Å². The lowest BCUT2D eigenvalue weighted by molar-refractivity contribution is 1.21. The van der Waals surface area contributed by atoms with Gasteiger partial charge in [0.2, 0.25) is 0 Å². The van der Waals surface area contributed by atoms with Crippen molar-refractivity contribution in [1.82, 2.24) is 0 Å². The van der Waals surface area contributed by atoms with Crippen LogP contribution in [0.3, 0.4) is 0 Å². The number of hydrogen-bond acceptors (Lipinski definition) is 5. The van der Waals surface area contributed by atoms with E-state index in [1.165, 1.54) is 249 Å². The molecule has 148 heavy (non-hydrogen) atoms. The fraction of sp³-hybridized carbons (Fsp3) is 0.0210. The Balaban J connectivity index is 0.0000000947. The minimum absolute atomic E-state index is 0.988. The molecule has 2 aromatic heterocycles. The largest absolute Gasteiger partial charge is 0.354 e. The number of thiophene rings is 2. The van der Waals surface area contributed by atoms with Crippen LogP contribution in [0.4, 0.5) is 45.5 Å². The Bertz CT molecular complexity index is 10200. The standard InChI is InChI=1S/C44H28N2S.C39H27N.C33H20S.C27H18/c1-2-11-31(12-3-1)46(33-21-24-43-39(27-33)35-13-6-7-16-42(35)47-43)32-19-17-28(18-20-32)34-22-23-40-44-36(34)14-8-15-37(44)38-25-29-9-4-5-10-30(29)26-41(38)45-40;1-3-12-34(13-4-1)40(35-14-5-2-6-15-35)36-21-19-27(20-22-36)29-17-18-30-24-33-25-31-11-7-9-28-10-8-16-37(39(28)31)38(33)26-32(30)23-29;1-2-7-21-18-30-24(16-20(21)6-1)17-23-8-5-10-28-25(14-15-29(30)33(23)28)22-12-13-27-26-9-3-4-11-31(26)34-32(27)19-22;1-2-7-18(8-3-1)22-14-21-11-6-12-25-26-17-20-10-5-4-9-19(20)13-23(26)16-24(15-22)27(21)25/h1-27,45H;1-24,26H,25H2;1-16,18-19H,17H2;1-15,17H,16H2. The van der Waals surface area contributed by atoms with Crippen LogP contribution in [0.1, 0.15) is 33.4 Å². The first-order chi connectivity index (χ1) is 73.3. The Kier molecular flexibility index (Phi) is 20.9. The van der Waals surface area contributed by atoms with Gasteiger partial charge in [0, 0.05) is 96.8 Å². The quantitative estimate of drug-likeness (QED) is 0.147. The molecule has 0 atom stereocenters. The maximum Gasteiger partial charge on any atom is 0.0470 e. The number of hydrogen-bond donors (Lipinski definition) is 1. The fourth-order valence-corrected chi connectivity index (χ4v) is 26.4. The fourth-order valence-electron chi connectivity index (χ4n) is 24.1. The second-order valence-corrected chi connectivity index (χ2v) is 41.8. The first kappa shape index (κ1) is 86.3. The summed E-state index contributed by atoms with van der Waals surface area (Å²) in [6.45, 7) is 0. The summed E-state index contributed by atoms with van der Waals surface area (Å²) in [6, 6.07) is 191. The van der Waals surface area contributed by atoms with Crippen LogP contribution in [0.5, 0.6) is 0 Å². The van der Waals surface area contributed by atoms with Gasteiger partial charge in [-0.1, -0.05) is 376 Å². The Morgan fingerprint density at radius 2 is 0.527 bits per heavy atom. The van der Waals surface area contributed by atoms with Crippen molar-refractivity contribution in [2.45, 2.75) is 19.3 Å². The van der Waals surface area contributed by atoms with Crippen LogP contribution in [-0.4, -0.2) is 0 Å². The third kappa shape index (κ3) is 15.1. The van der Waals surface area contributed by atoms with Crippen molar-refractivity contribution in [2.75, 3.05) is 15.1 Å². The maximum atomic E-state index is 3.75. The van der Waals surface area contributed by atoms with E-state index in [0.29, 0.717) is 0 Å². The molecule has 0 spiro atoms. The highest BCUT2D eigenvalue weighted by Crippen LogP contribution is 2.53. The summed E-state index contributed by atoms with van der Waals surface area (Å²) in [5, 5.41) is 30.2. The summed E-state index contributed by atoms with van der Waals surface area (Å²) in [4.78, 5) is 4.66. The Morgan fingerprint density at radius 3 is 1.15 bits per heavy atom. The molecule has 3 nitrogen and oxygen atoms in total. The van der Waals surface area contributed by atoms with Crippen LogP contribution in [0.2, 0.25) is 0 Å². The minimum Gasteiger partial charge on any atom is -0.354 e. The zero-order valence-electron chi connectivity index (χ0n) is 81.0. The normalized spacial score (nSPS) is 12.2. The Labute approximate surface area is 866 Å². The van der Waals surface area contributed by atoms with Crippen LogP contribution in [0.25, 0.3) is 216 Å². The highest BCUT2D eigenvalue weighted by molar-refractivity contribution is 7.26. The lowest BCUT2D eigenvalue weighted by atomic mass is 9.81. The summed E-state index contributed by atoms with van der Waals surface area (Å²) in [5.41, 5.74) is 38.6. The molecular weight excluding hydrogens is 1820 g/mol. The number of nitrogens with one attached hydrogen (secondary N) is 1. The van der Waals surface area contributed by atoms with Gasteiger partial charge < -0.3 is 15.1 Å². The summed E-state index contributed by atoms with van der Waals surface area (Å²) in [7, 11) is 0. The molecule has 5 heteroatoms. The summed E-state index contributed by atoms with van der Waals surface area (Å²) in [6.07, 6.45) is 2.97. The molecule has 1 aliphatic heterocycles. The molecular formula is C143H93N3S2. The van der Waals surface area contributed by atoms with Gasteiger partial charge in [0.1, 0.15) is 0 Å². The zero-order chi connectivity index (χ0) is 97.4. The number of para-hydroxylation sites is 3. The van der Waals surface area contributed by atoms with Gasteiger partial charge in [0.15, 0.2) is 0 Å². The first-order valence-electron chi connectivity index (χ1n) is 51.2. The van der Waals surface area contributed by atoms with E-state index in [2.05, 4.69) is 537 Å². The molecule has 4 aliphatic rings. The molecule has 692 valence electrons. The van der Waals surface area contributed by atoms with Gasteiger partial charge in [-0.25, -0.2) is 0 Å². The van der Waals surface area contributed by atoms with Crippen molar-refractivity contribution < 1.29 is 0 Å². The van der Waals surface area contributed by atoms with Gasteiger partial charge in [-0.3, -0.25) is 0 Å². The predicted molar refractivity (Wildman–Crippen MR) is 636 cm³/mol. The average Bonchev–Trinajstić information content (AvgIpc) is 0.788. The van der Waals surface area contributed by atoms with Crippen molar-refractivity contribution in [1.29, 1.82) is 0 Å². The third-order valence-corrected chi connectivity index (χ3v) is 33.3. The van der Waals surface area contributed by atoms with Crippen LogP contribution < -0.4 is 15.1 Å². The van der Waals surface area contributed by atoms with Gasteiger partial charge in [-0.2, -0.15) is 0 Å². The number of fused-ring (bicyclic) bond motifs is 18. The Hall–Kier alpha value is -18.4. The van der Waals surface area contributed by atoms with Gasteiger partial charge in [-0.15, -0.1) is 22.7 Å². The second-order valence-electron chi connectivity index (χ2n) is 39.7. The van der Waals surface area contributed by atoms with Crippen molar-refractivity contribution in [3.63, 3.8) is 0 Å². The highest BCUT2D eigenvalue weighted by atomic mass is 32.1. The molecule has 0 fully saturated rings. The topological polar surface area (TPSA) is 18.5 Å². The smallest absolute Gasteiger partial charge is 0.0470 e. The van der Waals surface area contributed by atoms with Gasteiger partial charge in [0.05, 0.1) is 0 Å². The van der Waals surface area contributed by atoms with E-state index in [9.17, 15) is 0 Å². The van der Waals surface area contributed by atoms with Gasteiger partial charge >= 0.3 is 0 Å². The molecule has 28 aromatic rings. The minimum atomic E-state index is 0.988. The summed E-state index contributed by atoms with van der Waals surface area (Å²) >= 11 is 3.75. The summed E-state index contributed by atoms with van der Waals surface area (Å²) in [5.74, 6) is 0. The van der Waals surface area contributed by atoms with Crippen LogP contribution in [0, 0.1) is 0 Å². The molecule has 26 aromatic carbocycles. The van der Waals surface area contributed by atoms with E-state index in [1.807, 2.05) is 22.7 Å². The van der Waals surface area contributed by atoms with E-state index in [4.69, 9.17) is 0 Å². The van der Waals surface area contributed by atoms with Gasteiger partial charge in [-0.05, 0) is 362 Å². The molecule has 3 heterocycles. The van der Waals surface area contributed by atoms with E-state index < -0.39 is 0 Å². The van der Waals surface area contributed by atoms with Crippen LogP contribution >= 0.6 is 22.7 Å². The second kappa shape index (κ2) is 35.9. The molecule has 1 N–H and O–H groups in total. The van der Waals surface area contributed by atoms with Crippen LogP contribution in [-0.2, 0) is 19.3 Å². The maximum absolute atomic E-state index is 3.75. The average molecular weight is 1920 g/mol. The predicted octanol–water partition coefficient (Wildman–Crippen LogP) is 40.8. The molecule has 32 rings (SSSR count). The zero-order valence-corrected chi connectivity index (χ0v) is 82.6. The molecule has 3 aliphatic carbocycles. The summed E-state index contributed by atoms with van der Waals surface area (Å²) < 4.78 is 5.35. The monoisotopic (exact) mass is 1920 g/mol. The third-order valence-electron chi connectivity index (χ3n) is 31.0. The van der Waals surface area contributed by atoms with E-state index >= 15 is 0 Å². The number of nitrogens with zero attached hydrogens (tertiary/aromatic N) is 2. The van der Waals surface area contributed by atoms with Crippen molar-refractivity contribution in [3.05, 3.63) is 555 Å². The molecule has 0 radical (unpaired) electrons. The van der Waals surface area contributed by atoms with E-state index in [1.54, 1.807) is 0 Å².